The monoisotopic (exact) mass is 249 g/mol. The zero-order valence-electron chi connectivity index (χ0n) is 7.70. The number of rotatable bonds is 4. The van der Waals surface area contributed by atoms with Crippen molar-refractivity contribution in [2.24, 2.45) is 0 Å². The fourth-order valence-electron chi connectivity index (χ4n) is 0.922. The van der Waals surface area contributed by atoms with Crippen LogP contribution in [0.2, 0.25) is 5.02 Å². The van der Waals surface area contributed by atoms with Gasteiger partial charge in [-0.2, -0.15) is 0 Å². The van der Waals surface area contributed by atoms with Gasteiger partial charge in [-0.3, -0.25) is 0 Å². The first-order chi connectivity index (χ1) is 6.96. The van der Waals surface area contributed by atoms with Crippen LogP contribution >= 0.6 is 11.6 Å². The van der Waals surface area contributed by atoms with Gasteiger partial charge in [-0.1, -0.05) is 30.3 Å². The van der Waals surface area contributed by atoms with Gasteiger partial charge in [-0.15, -0.1) is 0 Å². The van der Waals surface area contributed by atoms with Gasteiger partial charge < -0.3 is 0 Å². The molecule has 3 nitrogen and oxygen atoms in total. The maximum Gasteiger partial charge on any atom is 0.233 e. The lowest BCUT2D eigenvalue weighted by molar-refractivity contribution is 0.589. The normalized spacial score (nSPS) is 11.3. The molecule has 0 heterocycles. The summed E-state index contributed by atoms with van der Waals surface area (Å²) in [6.07, 6.45) is 0. The fourth-order valence-corrected chi connectivity index (χ4v) is 1.59. The van der Waals surface area contributed by atoms with Crippen LogP contribution in [0.1, 0.15) is 5.56 Å². The summed E-state index contributed by atoms with van der Waals surface area (Å²) in [5.74, 6) is -0.577. The first kappa shape index (κ1) is 12.2. The quantitative estimate of drug-likeness (QED) is 0.888. The summed E-state index contributed by atoms with van der Waals surface area (Å²) in [6, 6.07) is 4.20. The molecule has 0 aromatic heterocycles. The van der Waals surface area contributed by atoms with E-state index in [4.69, 9.17) is 11.6 Å². The van der Waals surface area contributed by atoms with E-state index in [1.165, 1.54) is 18.2 Å². The summed E-state index contributed by atoms with van der Waals surface area (Å²) in [7, 11) is -3.51. The number of hydrogen-bond donors (Lipinski definition) is 1. The van der Waals surface area contributed by atoms with E-state index in [2.05, 4.69) is 11.3 Å². The molecule has 0 saturated carbocycles. The molecule has 1 aromatic carbocycles. The van der Waals surface area contributed by atoms with Gasteiger partial charge in [-0.05, 0) is 11.6 Å². The van der Waals surface area contributed by atoms with Gasteiger partial charge in [0, 0.05) is 12.0 Å². The van der Waals surface area contributed by atoms with E-state index < -0.39 is 15.8 Å². The molecule has 1 rings (SSSR count). The van der Waals surface area contributed by atoms with Crippen molar-refractivity contribution in [3.05, 3.63) is 46.6 Å². The number of benzene rings is 1. The molecular formula is C9H9ClFNO2S. The van der Waals surface area contributed by atoms with Gasteiger partial charge in [0.1, 0.15) is 5.82 Å². The van der Waals surface area contributed by atoms with Crippen LogP contribution in [0.4, 0.5) is 4.39 Å². The molecular weight excluding hydrogens is 241 g/mol. The Morgan fingerprint density at radius 1 is 1.53 bits per heavy atom. The Balaban J connectivity index is 2.83. The molecule has 0 aliphatic rings. The second kappa shape index (κ2) is 4.74. The summed E-state index contributed by atoms with van der Waals surface area (Å²) in [6.45, 7) is 3.06. The Morgan fingerprint density at radius 3 is 2.80 bits per heavy atom. The zero-order valence-corrected chi connectivity index (χ0v) is 9.28. The Morgan fingerprint density at radius 2 is 2.20 bits per heavy atom. The fraction of sp³-hybridized carbons (Fsp3) is 0.111. The van der Waals surface area contributed by atoms with Crippen LogP contribution in [0.15, 0.2) is 30.2 Å². The van der Waals surface area contributed by atoms with E-state index in [0.29, 0.717) is 5.56 Å². The minimum Gasteiger partial charge on any atom is -0.208 e. The van der Waals surface area contributed by atoms with Crippen molar-refractivity contribution in [2.75, 3.05) is 0 Å². The SMILES string of the molecule is C=CS(=O)(=O)NCc1cccc(F)c1Cl. The Hall–Kier alpha value is -0.910. The predicted molar refractivity (Wildman–Crippen MR) is 57.4 cm³/mol. The third kappa shape index (κ3) is 3.30. The average Bonchev–Trinajstić information content (AvgIpc) is 2.20. The molecule has 1 N–H and O–H groups in total. The molecule has 1 aromatic rings. The van der Waals surface area contributed by atoms with Crippen molar-refractivity contribution in [2.45, 2.75) is 6.54 Å². The zero-order chi connectivity index (χ0) is 11.5. The third-order valence-electron chi connectivity index (χ3n) is 1.71. The van der Waals surface area contributed by atoms with Crippen LogP contribution < -0.4 is 4.72 Å². The Labute approximate surface area is 92.6 Å². The molecule has 0 aliphatic carbocycles. The van der Waals surface area contributed by atoms with Crippen molar-refractivity contribution in [3.63, 3.8) is 0 Å². The Bertz CT molecular complexity index is 473. The van der Waals surface area contributed by atoms with Crippen LogP contribution in [0.3, 0.4) is 0 Å². The lowest BCUT2D eigenvalue weighted by atomic mass is 10.2. The van der Waals surface area contributed by atoms with E-state index in [9.17, 15) is 12.8 Å². The van der Waals surface area contributed by atoms with Crippen molar-refractivity contribution < 1.29 is 12.8 Å². The maximum atomic E-state index is 13.0. The van der Waals surface area contributed by atoms with Gasteiger partial charge in [0.25, 0.3) is 0 Å². The standard InChI is InChI=1S/C9H9ClFNO2S/c1-2-15(13,14)12-6-7-4-3-5-8(11)9(7)10/h2-5,12H,1,6H2. The highest BCUT2D eigenvalue weighted by molar-refractivity contribution is 7.92. The first-order valence-corrected chi connectivity index (χ1v) is 5.93. The van der Waals surface area contributed by atoms with E-state index in [1.807, 2.05) is 0 Å². The molecule has 15 heavy (non-hydrogen) atoms. The lowest BCUT2D eigenvalue weighted by Gasteiger charge is -2.05. The van der Waals surface area contributed by atoms with Gasteiger partial charge in [0.2, 0.25) is 10.0 Å². The molecule has 0 radical (unpaired) electrons. The molecule has 82 valence electrons. The number of sulfonamides is 1. The van der Waals surface area contributed by atoms with E-state index >= 15 is 0 Å². The summed E-state index contributed by atoms with van der Waals surface area (Å²) >= 11 is 5.63. The minimum atomic E-state index is -3.51. The van der Waals surface area contributed by atoms with Crippen LogP contribution in [-0.4, -0.2) is 8.42 Å². The van der Waals surface area contributed by atoms with Crippen LogP contribution in [0.25, 0.3) is 0 Å². The van der Waals surface area contributed by atoms with Crippen LogP contribution in [-0.2, 0) is 16.6 Å². The highest BCUT2D eigenvalue weighted by atomic mass is 35.5. The molecule has 0 unspecified atom stereocenters. The van der Waals surface area contributed by atoms with Crippen molar-refractivity contribution >= 4 is 21.6 Å². The first-order valence-electron chi connectivity index (χ1n) is 4.01. The molecule has 0 amide bonds. The largest absolute Gasteiger partial charge is 0.233 e. The lowest BCUT2D eigenvalue weighted by Crippen LogP contribution is -2.20. The topological polar surface area (TPSA) is 46.2 Å². The number of hydrogen-bond acceptors (Lipinski definition) is 2. The van der Waals surface area contributed by atoms with E-state index in [1.54, 1.807) is 0 Å². The van der Waals surface area contributed by atoms with Crippen molar-refractivity contribution in [1.82, 2.24) is 4.72 Å². The third-order valence-corrected chi connectivity index (χ3v) is 3.12. The van der Waals surface area contributed by atoms with Gasteiger partial charge in [0.05, 0.1) is 5.02 Å². The molecule has 0 atom stereocenters. The van der Waals surface area contributed by atoms with Gasteiger partial charge in [0.15, 0.2) is 0 Å². The summed E-state index contributed by atoms with van der Waals surface area (Å²) in [5, 5.41) is 0.699. The molecule has 0 fully saturated rings. The van der Waals surface area contributed by atoms with Crippen molar-refractivity contribution in [1.29, 1.82) is 0 Å². The molecule has 0 spiro atoms. The van der Waals surface area contributed by atoms with Crippen LogP contribution in [0.5, 0.6) is 0 Å². The summed E-state index contributed by atoms with van der Waals surface area (Å²) in [5.41, 5.74) is 0.377. The highest BCUT2D eigenvalue weighted by Crippen LogP contribution is 2.19. The predicted octanol–water partition coefficient (Wildman–Crippen LogP) is 2.04. The van der Waals surface area contributed by atoms with Gasteiger partial charge >= 0.3 is 0 Å². The molecule has 0 aliphatic heterocycles. The maximum absolute atomic E-state index is 13.0. The Kier molecular flexibility index (Phi) is 3.84. The second-order valence-corrected chi connectivity index (χ2v) is 4.84. The highest BCUT2D eigenvalue weighted by Gasteiger charge is 2.08. The smallest absolute Gasteiger partial charge is 0.208 e. The molecule has 0 saturated heterocycles. The van der Waals surface area contributed by atoms with Crippen molar-refractivity contribution in [3.8, 4) is 0 Å². The minimum absolute atomic E-state index is 0.0645. The van der Waals surface area contributed by atoms with Gasteiger partial charge in [-0.25, -0.2) is 17.5 Å². The number of halogens is 2. The van der Waals surface area contributed by atoms with E-state index in [-0.39, 0.29) is 11.6 Å². The summed E-state index contributed by atoms with van der Waals surface area (Å²) in [4.78, 5) is 0. The molecule has 0 bridgehead atoms. The van der Waals surface area contributed by atoms with E-state index in [0.717, 1.165) is 5.41 Å². The average molecular weight is 250 g/mol. The summed E-state index contributed by atoms with van der Waals surface area (Å²) < 4.78 is 37.2. The number of nitrogens with one attached hydrogen (secondary N) is 1. The van der Waals surface area contributed by atoms with Crippen LogP contribution in [0, 0.1) is 5.82 Å². The second-order valence-electron chi connectivity index (χ2n) is 2.75. The molecule has 6 heteroatoms.